The monoisotopic (exact) mass is 759 g/mol. The van der Waals surface area contributed by atoms with E-state index in [4.69, 9.17) is 20.3 Å². The Labute approximate surface area is 321 Å². The molecule has 1 saturated carbocycles. The summed E-state index contributed by atoms with van der Waals surface area (Å²) in [6.07, 6.45) is 2.04. The average Bonchev–Trinajstić information content (AvgIpc) is 3.94. The van der Waals surface area contributed by atoms with Crippen molar-refractivity contribution in [2.24, 2.45) is 11.1 Å². The molecule has 0 saturated heterocycles. The number of hydrogen-bond donors (Lipinski definition) is 2. The summed E-state index contributed by atoms with van der Waals surface area (Å²) in [4.78, 5) is 46.7. The van der Waals surface area contributed by atoms with Crippen LogP contribution in [-0.2, 0) is 16.1 Å². The first-order chi connectivity index (χ1) is 27.0. The molecule has 7 rings (SSSR count). The van der Waals surface area contributed by atoms with Gasteiger partial charge in [0.2, 0.25) is 11.8 Å². The van der Waals surface area contributed by atoms with E-state index in [1.54, 1.807) is 42.1 Å². The Morgan fingerprint density at radius 2 is 1.59 bits per heavy atom. The highest BCUT2D eigenvalue weighted by Crippen LogP contribution is 2.49. The number of anilines is 2. The van der Waals surface area contributed by atoms with Gasteiger partial charge in [0.15, 0.2) is 17.2 Å². The quantitative estimate of drug-likeness (QED) is 0.121. The van der Waals surface area contributed by atoms with E-state index in [0.717, 1.165) is 11.6 Å². The van der Waals surface area contributed by atoms with E-state index in [1.165, 1.54) is 47.5 Å². The van der Waals surface area contributed by atoms with Crippen molar-refractivity contribution >= 4 is 40.1 Å². The van der Waals surface area contributed by atoms with E-state index in [-0.39, 0.29) is 41.6 Å². The summed E-state index contributed by atoms with van der Waals surface area (Å²) in [5.74, 6) is -2.17. The molecule has 0 aliphatic heterocycles. The van der Waals surface area contributed by atoms with Gasteiger partial charge in [-0.25, -0.2) is 18.4 Å². The van der Waals surface area contributed by atoms with Crippen LogP contribution >= 0.6 is 0 Å². The van der Waals surface area contributed by atoms with Gasteiger partial charge in [-0.1, -0.05) is 24.3 Å². The molecule has 0 spiro atoms. The van der Waals surface area contributed by atoms with Crippen LogP contribution in [0.4, 0.5) is 20.2 Å². The van der Waals surface area contributed by atoms with Gasteiger partial charge < -0.3 is 25.4 Å². The van der Waals surface area contributed by atoms with Gasteiger partial charge in [-0.05, 0) is 99.2 Å². The van der Waals surface area contributed by atoms with Gasteiger partial charge in [0.1, 0.15) is 28.4 Å². The van der Waals surface area contributed by atoms with E-state index in [2.05, 4.69) is 10.3 Å². The van der Waals surface area contributed by atoms with Crippen molar-refractivity contribution in [2.75, 3.05) is 39.2 Å². The average molecular weight is 760 g/mol. The van der Waals surface area contributed by atoms with Crippen molar-refractivity contribution in [1.82, 2.24) is 25.0 Å². The van der Waals surface area contributed by atoms with Crippen LogP contribution in [0.2, 0.25) is 0 Å². The highest BCUT2D eigenvalue weighted by atomic mass is 19.1. The number of nitrogens with zero attached hydrogens (tertiary/aromatic N) is 5. The molecule has 1 fully saturated rings. The molecule has 4 aromatic carbocycles. The number of primary amides is 1. The number of methoxy groups -OCH3 is 1. The van der Waals surface area contributed by atoms with Crippen molar-refractivity contribution in [1.29, 1.82) is 0 Å². The summed E-state index contributed by atoms with van der Waals surface area (Å²) in [6, 6.07) is 25.2. The lowest BCUT2D eigenvalue weighted by molar-refractivity contribution is -0.133. The Morgan fingerprint density at radius 3 is 2.21 bits per heavy atom. The number of fused-ring (bicyclic) bond motifs is 1. The number of hydrogen-bond acceptors (Lipinski definition) is 8. The molecule has 0 unspecified atom stereocenters. The summed E-state index contributed by atoms with van der Waals surface area (Å²) in [5.41, 5.74) is 7.53. The molecule has 1 aliphatic rings. The minimum absolute atomic E-state index is 0.0951. The topological polar surface area (TPSA) is 145 Å². The Hall–Kier alpha value is -6.67. The molecule has 3 amide bonds. The number of nitrogens with two attached hydrogens (primary N) is 1. The minimum atomic E-state index is -1.43. The second-order valence-electron chi connectivity index (χ2n) is 13.8. The number of benzene rings is 4. The van der Waals surface area contributed by atoms with Gasteiger partial charge in [0, 0.05) is 42.2 Å². The Morgan fingerprint density at radius 1 is 0.893 bits per heavy atom. The maximum absolute atomic E-state index is 16.1. The Kier molecular flexibility index (Phi) is 10.5. The van der Waals surface area contributed by atoms with Gasteiger partial charge in [0.25, 0.3) is 5.91 Å². The number of rotatable bonds is 14. The summed E-state index contributed by atoms with van der Waals surface area (Å²) < 4.78 is 43.3. The standard InChI is InChI=1S/C42H39F2N7O5/c1-49(2)23-22-47-39(52)28-8-6-27(7-9-28)37-36-35(18-21-46-38(36)50(48-37)25-26-4-15-32(55-3)16-5-26)56-34-17-14-31(24-33(34)44)51(30-12-10-29(43)11-13-30)41(54)42(19-20-42)40(45)53/h4-18,21,24H,19-20,22-23,25H2,1-3H3,(H2,45,53)(H,47,52). The van der Waals surface area contributed by atoms with Crippen LogP contribution in [-0.4, -0.2) is 71.7 Å². The van der Waals surface area contributed by atoms with Crippen LogP contribution in [0.25, 0.3) is 22.3 Å². The van der Waals surface area contributed by atoms with Gasteiger partial charge in [0.05, 0.1) is 24.7 Å². The molecule has 0 atom stereocenters. The van der Waals surface area contributed by atoms with E-state index in [1.807, 2.05) is 43.3 Å². The SMILES string of the molecule is COc1ccc(Cn2nc(-c3ccc(C(=O)NCCN(C)C)cc3)c3c(Oc4ccc(N(C(=O)C5(C(N)=O)CC5)c5ccc(F)cc5)cc4F)ccnc32)cc1. The molecule has 56 heavy (non-hydrogen) atoms. The van der Waals surface area contributed by atoms with Gasteiger partial charge in [-0.15, -0.1) is 0 Å². The third-order valence-electron chi connectivity index (χ3n) is 9.66. The molecule has 6 aromatic rings. The van der Waals surface area contributed by atoms with Crippen LogP contribution < -0.4 is 25.4 Å². The van der Waals surface area contributed by atoms with Crippen LogP contribution in [0.15, 0.2) is 103 Å². The van der Waals surface area contributed by atoms with Crippen LogP contribution in [0.3, 0.4) is 0 Å². The first-order valence-electron chi connectivity index (χ1n) is 17.9. The molecule has 0 bridgehead atoms. The fraction of sp³-hybridized carbons (Fsp3) is 0.214. The fourth-order valence-electron chi connectivity index (χ4n) is 6.35. The van der Waals surface area contributed by atoms with Crippen molar-refractivity contribution < 1.29 is 32.6 Å². The number of carbonyl (C=O) groups is 3. The molecule has 1 aliphatic carbocycles. The third kappa shape index (κ3) is 7.64. The smallest absolute Gasteiger partial charge is 0.251 e. The molecule has 2 heterocycles. The number of likely N-dealkylation sites (N-methyl/N-ethyl adjacent to an activating group) is 1. The van der Waals surface area contributed by atoms with E-state index in [0.29, 0.717) is 53.2 Å². The van der Waals surface area contributed by atoms with E-state index >= 15 is 4.39 Å². The lowest BCUT2D eigenvalue weighted by atomic mass is 10.0. The molecular weight excluding hydrogens is 721 g/mol. The zero-order chi connectivity index (χ0) is 39.6. The zero-order valence-corrected chi connectivity index (χ0v) is 31.0. The van der Waals surface area contributed by atoms with Crippen LogP contribution in [0.5, 0.6) is 17.2 Å². The molecule has 12 nitrogen and oxygen atoms in total. The molecule has 14 heteroatoms. The largest absolute Gasteiger partial charge is 0.497 e. The summed E-state index contributed by atoms with van der Waals surface area (Å²) >= 11 is 0. The number of aromatic nitrogens is 3. The van der Waals surface area contributed by atoms with Crippen LogP contribution in [0.1, 0.15) is 28.8 Å². The maximum Gasteiger partial charge on any atom is 0.251 e. The lowest BCUT2D eigenvalue weighted by Gasteiger charge is -2.26. The van der Waals surface area contributed by atoms with Crippen LogP contribution in [0, 0.1) is 17.0 Å². The number of amides is 3. The lowest BCUT2D eigenvalue weighted by Crippen LogP contribution is -2.41. The maximum atomic E-state index is 16.1. The fourth-order valence-corrected chi connectivity index (χ4v) is 6.35. The number of nitrogens with one attached hydrogen (secondary N) is 1. The number of ether oxygens (including phenoxy) is 2. The van der Waals surface area contributed by atoms with Crippen molar-refractivity contribution in [3.8, 4) is 28.5 Å². The predicted octanol–water partition coefficient (Wildman–Crippen LogP) is 6.45. The summed E-state index contributed by atoms with van der Waals surface area (Å²) in [5, 5.41) is 8.35. The molecule has 3 N–H and O–H groups in total. The number of carbonyl (C=O) groups excluding carboxylic acids is 3. The number of pyridine rings is 1. The normalized spacial score (nSPS) is 13.0. The first kappa shape index (κ1) is 37.6. The zero-order valence-electron chi connectivity index (χ0n) is 31.0. The molecule has 286 valence electrons. The van der Waals surface area contributed by atoms with E-state index < -0.39 is 28.9 Å². The van der Waals surface area contributed by atoms with Crippen molar-refractivity contribution in [3.05, 3.63) is 126 Å². The summed E-state index contributed by atoms with van der Waals surface area (Å²) in [7, 11) is 5.45. The van der Waals surface area contributed by atoms with Gasteiger partial charge >= 0.3 is 0 Å². The highest BCUT2D eigenvalue weighted by Gasteiger charge is 2.57. The van der Waals surface area contributed by atoms with Gasteiger partial charge in [-0.2, -0.15) is 5.10 Å². The minimum Gasteiger partial charge on any atom is -0.497 e. The Bertz CT molecular complexity index is 2410. The molecular formula is C42H39F2N7O5. The van der Waals surface area contributed by atoms with E-state index in [9.17, 15) is 18.8 Å². The van der Waals surface area contributed by atoms with Gasteiger partial charge in [-0.3, -0.25) is 19.3 Å². The molecule has 2 aromatic heterocycles. The second-order valence-corrected chi connectivity index (χ2v) is 13.8. The van der Waals surface area contributed by atoms with Crippen molar-refractivity contribution in [3.63, 3.8) is 0 Å². The van der Waals surface area contributed by atoms with Crippen molar-refractivity contribution in [2.45, 2.75) is 19.4 Å². The third-order valence-corrected chi connectivity index (χ3v) is 9.66. The first-order valence-corrected chi connectivity index (χ1v) is 17.9. The predicted molar refractivity (Wildman–Crippen MR) is 207 cm³/mol. The second kappa shape index (κ2) is 15.6. The Balaban J connectivity index is 1.25. The number of halogens is 2. The summed E-state index contributed by atoms with van der Waals surface area (Å²) in [6.45, 7) is 1.53. The highest BCUT2D eigenvalue weighted by molar-refractivity contribution is 6.16. The molecule has 0 radical (unpaired) electrons.